The van der Waals surface area contributed by atoms with Crippen LogP contribution in [0.15, 0.2) is 12.1 Å². The molecule has 0 unspecified atom stereocenters. The van der Waals surface area contributed by atoms with Crippen LogP contribution in [0.5, 0.6) is 0 Å². The highest BCUT2D eigenvalue weighted by Gasteiger charge is 2.27. The second kappa shape index (κ2) is 6.21. The number of nitrogens with zero attached hydrogens (tertiary/aromatic N) is 1. The van der Waals surface area contributed by atoms with E-state index in [1.807, 2.05) is 12.1 Å². The minimum absolute atomic E-state index is 0.315. The van der Waals surface area contributed by atoms with Gasteiger partial charge in [0.05, 0.1) is 15.2 Å². The van der Waals surface area contributed by atoms with E-state index in [4.69, 9.17) is 10.7 Å². The lowest BCUT2D eigenvalue weighted by Gasteiger charge is -2.20. The van der Waals surface area contributed by atoms with Crippen molar-refractivity contribution in [3.63, 3.8) is 0 Å². The normalized spacial score (nSPS) is 20.3. The molecule has 2 heterocycles. The second-order valence-corrected chi connectivity index (χ2v) is 7.86. The molecule has 5 heteroatoms. The fourth-order valence-corrected chi connectivity index (χ4v) is 5.27. The molecular weight excluding hydrogens is 306 g/mol. The minimum Gasteiger partial charge on any atom is -0.366 e. The Morgan fingerprint density at radius 1 is 1.13 bits per heavy atom. The van der Waals surface area contributed by atoms with E-state index >= 15 is 0 Å². The Kier molecular flexibility index (Phi) is 4.07. The summed E-state index contributed by atoms with van der Waals surface area (Å²) in [7, 11) is 0. The number of carbonyl (C=O) groups excluding carboxylic acids is 1. The predicted octanol–water partition coefficient (Wildman–Crippen LogP) is 3.52. The Bertz CT molecular complexity index is 727. The topological polar surface area (TPSA) is 68.0 Å². The number of benzene rings is 1. The molecule has 2 fully saturated rings. The molecule has 23 heavy (non-hydrogen) atoms. The molecule has 4 nitrogen and oxygen atoms in total. The van der Waals surface area contributed by atoms with Crippen molar-refractivity contribution < 1.29 is 4.79 Å². The van der Waals surface area contributed by atoms with E-state index in [0.717, 1.165) is 49.9 Å². The van der Waals surface area contributed by atoms with Crippen LogP contribution in [0, 0.1) is 0 Å². The van der Waals surface area contributed by atoms with Crippen LogP contribution in [0.3, 0.4) is 0 Å². The molecule has 1 aromatic carbocycles. The molecule has 0 spiro atoms. The third kappa shape index (κ3) is 2.76. The maximum atomic E-state index is 11.9. The molecule has 2 aromatic rings. The van der Waals surface area contributed by atoms with Crippen molar-refractivity contribution >= 4 is 27.5 Å². The van der Waals surface area contributed by atoms with Crippen molar-refractivity contribution in [3.8, 4) is 0 Å². The van der Waals surface area contributed by atoms with Crippen LogP contribution < -0.4 is 11.1 Å². The van der Waals surface area contributed by atoms with E-state index < -0.39 is 0 Å². The summed E-state index contributed by atoms with van der Waals surface area (Å²) in [5.41, 5.74) is 8.51. The third-order valence-electron chi connectivity index (χ3n) is 5.33. The number of amides is 1. The summed E-state index contributed by atoms with van der Waals surface area (Å²) < 4.78 is 1.21. The minimum atomic E-state index is -0.315. The zero-order chi connectivity index (χ0) is 15.8. The first-order valence-electron chi connectivity index (χ1n) is 8.68. The molecule has 1 aromatic heterocycles. The van der Waals surface area contributed by atoms with Crippen molar-refractivity contribution in [2.75, 3.05) is 13.1 Å². The first-order valence-corrected chi connectivity index (χ1v) is 9.49. The fraction of sp³-hybridized carbons (Fsp3) is 0.556. The average molecular weight is 329 g/mol. The van der Waals surface area contributed by atoms with E-state index in [0.29, 0.717) is 17.4 Å². The van der Waals surface area contributed by atoms with Crippen molar-refractivity contribution in [3.05, 3.63) is 28.3 Å². The van der Waals surface area contributed by atoms with Gasteiger partial charge in [0.2, 0.25) is 5.91 Å². The molecule has 2 aliphatic rings. The second-order valence-electron chi connectivity index (χ2n) is 6.80. The van der Waals surface area contributed by atoms with Crippen LogP contribution in [-0.4, -0.2) is 24.0 Å². The summed E-state index contributed by atoms with van der Waals surface area (Å²) in [5.74, 6) is 0.691. The van der Waals surface area contributed by atoms with Gasteiger partial charge < -0.3 is 11.1 Å². The zero-order valence-corrected chi connectivity index (χ0v) is 14.1. The highest BCUT2D eigenvalue weighted by Crippen LogP contribution is 2.42. The molecule has 0 radical (unpaired) electrons. The van der Waals surface area contributed by atoms with Crippen LogP contribution in [0.25, 0.3) is 10.2 Å². The van der Waals surface area contributed by atoms with Gasteiger partial charge in [-0.25, -0.2) is 4.98 Å². The van der Waals surface area contributed by atoms with Gasteiger partial charge in [0, 0.05) is 11.5 Å². The smallest absolute Gasteiger partial charge is 0.249 e. The van der Waals surface area contributed by atoms with Gasteiger partial charge in [-0.1, -0.05) is 12.8 Å². The number of primary amides is 1. The number of aromatic nitrogens is 1. The summed E-state index contributed by atoms with van der Waals surface area (Å²) >= 11 is 1.81. The SMILES string of the molecule is NC(=O)c1ccc2sc(C3CCNCC3)nc2c1C1CCCC1. The standard InChI is InChI=1S/C18H23N3OS/c19-17(22)13-5-6-14-16(15(13)11-3-1-2-4-11)21-18(23-14)12-7-9-20-10-8-12/h5-6,11-12,20H,1-4,7-10H2,(H2,19,22). The van der Waals surface area contributed by atoms with Gasteiger partial charge in [-0.2, -0.15) is 0 Å². The van der Waals surface area contributed by atoms with E-state index in [-0.39, 0.29) is 5.91 Å². The molecular formula is C18H23N3OS. The van der Waals surface area contributed by atoms with Crippen LogP contribution >= 0.6 is 11.3 Å². The number of hydrogen-bond donors (Lipinski definition) is 2. The molecule has 3 N–H and O–H groups in total. The molecule has 1 aliphatic heterocycles. The van der Waals surface area contributed by atoms with E-state index in [2.05, 4.69) is 5.32 Å². The fourth-order valence-electron chi connectivity index (χ4n) is 4.12. The molecule has 4 rings (SSSR count). The Hall–Kier alpha value is -1.46. The van der Waals surface area contributed by atoms with E-state index in [1.165, 1.54) is 22.5 Å². The maximum Gasteiger partial charge on any atom is 0.249 e. The van der Waals surface area contributed by atoms with Gasteiger partial charge in [-0.05, 0) is 62.4 Å². The van der Waals surface area contributed by atoms with Crippen LogP contribution in [0.2, 0.25) is 0 Å². The number of hydrogen-bond acceptors (Lipinski definition) is 4. The van der Waals surface area contributed by atoms with Gasteiger partial charge in [0.1, 0.15) is 0 Å². The Labute approximate surface area is 140 Å². The Morgan fingerprint density at radius 2 is 1.87 bits per heavy atom. The number of carbonyl (C=O) groups is 1. The Morgan fingerprint density at radius 3 is 2.57 bits per heavy atom. The lowest BCUT2D eigenvalue weighted by atomic mass is 9.91. The first kappa shape index (κ1) is 15.1. The quantitative estimate of drug-likeness (QED) is 0.905. The zero-order valence-electron chi connectivity index (χ0n) is 13.3. The van der Waals surface area contributed by atoms with Gasteiger partial charge in [-0.15, -0.1) is 11.3 Å². The number of rotatable bonds is 3. The summed E-state index contributed by atoms with van der Waals surface area (Å²) in [6.45, 7) is 2.14. The summed E-state index contributed by atoms with van der Waals surface area (Å²) in [5, 5.41) is 4.65. The first-order chi connectivity index (χ1) is 11.2. The Balaban J connectivity index is 1.82. The predicted molar refractivity (Wildman–Crippen MR) is 94.2 cm³/mol. The maximum absolute atomic E-state index is 11.9. The molecule has 122 valence electrons. The van der Waals surface area contributed by atoms with Crippen LogP contribution in [0.4, 0.5) is 0 Å². The number of thiazole rings is 1. The third-order valence-corrected chi connectivity index (χ3v) is 6.52. The van der Waals surface area contributed by atoms with Crippen molar-refractivity contribution in [1.29, 1.82) is 0 Å². The molecule has 1 saturated heterocycles. The van der Waals surface area contributed by atoms with Crippen LogP contribution in [0.1, 0.15) is 71.3 Å². The van der Waals surface area contributed by atoms with Gasteiger partial charge >= 0.3 is 0 Å². The monoisotopic (exact) mass is 329 g/mol. The number of piperidine rings is 1. The van der Waals surface area contributed by atoms with Crippen molar-refractivity contribution in [2.24, 2.45) is 5.73 Å². The van der Waals surface area contributed by atoms with Crippen molar-refractivity contribution in [2.45, 2.75) is 50.4 Å². The van der Waals surface area contributed by atoms with Crippen molar-refractivity contribution in [1.82, 2.24) is 10.3 Å². The molecule has 1 aliphatic carbocycles. The molecule has 0 bridgehead atoms. The number of nitrogens with two attached hydrogens (primary N) is 1. The summed E-state index contributed by atoms with van der Waals surface area (Å²) in [4.78, 5) is 16.9. The average Bonchev–Trinajstić information content (AvgIpc) is 3.24. The summed E-state index contributed by atoms with van der Waals surface area (Å²) in [6, 6.07) is 3.96. The molecule has 1 saturated carbocycles. The summed E-state index contributed by atoms with van der Waals surface area (Å²) in [6.07, 6.45) is 7.09. The molecule has 0 atom stereocenters. The number of fused-ring (bicyclic) bond motifs is 1. The van der Waals surface area contributed by atoms with Gasteiger partial charge in [0.15, 0.2) is 0 Å². The van der Waals surface area contributed by atoms with E-state index in [9.17, 15) is 4.79 Å². The highest BCUT2D eigenvalue weighted by molar-refractivity contribution is 7.18. The number of nitrogens with one attached hydrogen (secondary N) is 1. The van der Waals surface area contributed by atoms with Gasteiger partial charge in [-0.3, -0.25) is 4.79 Å². The largest absolute Gasteiger partial charge is 0.366 e. The lowest BCUT2D eigenvalue weighted by molar-refractivity contribution is 0.0999. The van der Waals surface area contributed by atoms with Crippen LogP contribution in [-0.2, 0) is 0 Å². The highest BCUT2D eigenvalue weighted by atomic mass is 32.1. The lowest BCUT2D eigenvalue weighted by Crippen LogP contribution is -2.26. The molecule has 1 amide bonds. The van der Waals surface area contributed by atoms with Gasteiger partial charge in [0.25, 0.3) is 0 Å². The van der Waals surface area contributed by atoms with E-state index in [1.54, 1.807) is 11.3 Å².